The van der Waals surface area contributed by atoms with Crippen LogP contribution in [0.2, 0.25) is 0 Å². The molecule has 0 amide bonds. The Kier molecular flexibility index (Phi) is 3.76. The van der Waals surface area contributed by atoms with Crippen LogP contribution in [0.1, 0.15) is 44.5 Å². The van der Waals surface area contributed by atoms with Crippen LogP contribution in [0.5, 0.6) is 0 Å². The van der Waals surface area contributed by atoms with Crippen molar-refractivity contribution in [2.45, 2.75) is 38.4 Å². The summed E-state index contributed by atoms with van der Waals surface area (Å²) in [7, 11) is 0. The van der Waals surface area contributed by atoms with Crippen LogP contribution in [0.15, 0.2) is 4.52 Å². The van der Waals surface area contributed by atoms with Crippen molar-refractivity contribution >= 4 is 0 Å². The summed E-state index contributed by atoms with van der Waals surface area (Å²) >= 11 is 0. The van der Waals surface area contributed by atoms with Crippen molar-refractivity contribution < 1.29 is 19.1 Å². The smallest absolute Gasteiger partial charge is 0.255 e. The molecule has 96 valence electrons. The normalized spacial score (nSPS) is 21.4. The van der Waals surface area contributed by atoms with E-state index in [1.807, 2.05) is 6.92 Å². The van der Waals surface area contributed by atoms with Gasteiger partial charge in [0.15, 0.2) is 0 Å². The molecule has 17 heavy (non-hydrogen) atoms. The highest BCUT2D eigenvalue weighted by atomic mass is 16.5. The molecule has 6 heteroatoms. The second kappa shape index (κ2) is 5.12. The number of aliphatic hydroxyl groups is 1. The van der Waals surface area contributed by atoms with Crippen molar-refractivity contribution in [2.24, 2.45) is 0 Å². The molecule has 1 saturated heterocycles. The zero-order valence-electron chi connectivity index (χ0n) is 10.2. The van der Waals surface area contributed by atoms with Gasteiger partial charge < -0.3 is 19.1 Å². The molecule has 2 rings (SSSR count). The average Bonchev–Trinajstić information content (AvgIpc) is 2.80. The van der Waals surface area contributed by atoms with Gasteiger partial charge in [-0.15, -0.1) is 0 Å². The first-order valence-electron chi connectivity index (χ1n) is 5.92. The van der Waals surface area contributed by atoms with Crippen LogP contribution in [0.4, 0.5) is 0 Å². The third-order valence-electron chi connectivity index (χ3n) is 2.93. The summed E-state index contributed by atoms with van der Waals surface area (Å²) in [5.41, 5.74) is -0.524. The van der Waals surface area contributed by atoms with E-state index in [-0.39, 0.29) is 5.89 Å². The fourth-order valence-electron chi connectivity index (χ4n) is 2.00. The first kappa shape index (κ1) is 12.5. The van der Waals surface area contributed by atoms with Crippen LogP contribution in [0, 0.1) is 0 Å². The predicted molar refractivity (Wildman–Crippen MR) is 58.3 cm³/mol. The zero-order valence-corrected chi connectivity index (χ0v) is 10.2. The SMILES string of the molecule is CCOC1(c2noc([C@H](C)O)n2)CCOCC1. The molecule has 1 aliphatic heterocycles. The van der Waals surface area contributed by atoms with E-state index < -0.39 is 11.7 Å². The second-order valence-corrected chi connectivity index (χ2v) is 4.17. The van der Waals surface area contributed by atoms with Gasteiger partial charge in [-0.1, -0.05) is 5.16 Å². The number of nitrogens with zero attached hydrogens (tertiary/aromatic N) is 2. The maximum absolute atomic E-state index is 9.39. The van der Waals surface area contributed by atoms with E-state index in [1.54, 1.807) is 6.92 Å². The first-order chi connectivity index (χ1) is 8.18. The van der Waals surface area contributed by atoms with Crippen LogP contribution in [0.25, 0.3) is 0 Å². The molecule has 1 aromatic heterocycles. The Labute approximate surface area is 99.9 Å². The van der Waals surface area contributed by atoms with Gasteiger partial charge in [-0.3, -0.25) is 0 Å². The van der Waals surface area contributed by atoms with Crippen molar-refractivity contribution in [3.8, 4) is 0 Å². The topological polar surface area (TPSA) is 77.6 Å². The molecule has 0 spiro atoms. The molecule has 1 aromatic rings. The highest BCUT2D eigenvalue weighted by molar-refractivity contribution is 5.03. The Morgan fingerprint density at radius 1 is 1.47 bits per heavy atom. The van der Waals surface area contributed by atoms with Crippen molar-refractivity contribution in [3.05, 3.63) is 11.7 Å². The number of aliphatic hydroxyl groups excluding tert-OH is 1. The Bertz CT molecular complexity index is 353. The van der Waals surface area contributed by atoms with Crippen LogP contribution >= 0.6 is 0 Å². The lowest BCUT2D eigenvalue weighted by atomic mass is 9.93. The minimum absolute atomic E-state index is 0.227. The Balaban J connectivity index is 2.24. The molecule has 0 radical (unpaired) electrons. The summed E-state index contributed by atoms with van der Waals surface area (Å²) in [4.78, 5) is 4.22. The highest BCUT2D eigenvalue weighted by Gasteiger charge is 2.40. The summed E-state index contributed by atoms with van der Waals surface area (Å²) in [6.07, 6.45) is 0.661. The maximum Gasteiger partial charge on any atom is 0.255 e. The number of hydrogen-bond acceptors (Lipinski definition) is 6. The standard InChI is InChI=1S/C11H18N2O4/c1-3-16-11(4-6-15-7-5-11)10-12-9(8(2)14)17-13-10/h8,14H,3-7H2,1-2H3/t8-/m0/s1. The molecule has 1 N–H and O–H groups in total. The lowest BCUT2D eigenvalue weighted by molar-refractivity contribution is -0.118. The number of aromatic nitrogens is 2. The average molecular weight is 242 g/mol. The largest absolute Gasteiger partial charge is 0.384 e. The molecule has 1 fully saturated rings. The van der Waals surface area contributed by atoms with Gasteiger partial charge in [-0.05, 0) is 13.8 Å². The van der Waals surface area contributed by atoms with E-state index >= 15 is 0 Å². The maximum atomic E-state index is 9.39. The summed E-state index contributed by atoms with van der Waals surface area (Å²) in [6, 6.07) is 0. The molecule has 2 heterocycles. The van der Waals surface area contributed by atoms with Crippen LogP contribution in [-0.2, 0) is 15.1 Å². The highest BCUT2D eigenvalue weighted by Crippen LogP contribution is 2.34. The summed E-state index contributed by atoms with van der Waals surface area (Å²) < 4.78 is 16.2. The summed E-state index contributed by atoms with van der Waals surface area (Å²) in [5, 5.41) is 13.3. The van der Waals surface area contributed by atoms with E-state index in [0.29, 0.717) is 38.5 Å². The molecule has 1 aliphatic rings. The monoisotopic (exact) mass is 242 g/mol. The number of hydrogen-bond donors (Lipinski definition) is 1. The third kappa shape index (κ3) is 2.48. The summed E-state index contributed by atoms with van der Waals surface area (Å²) in [5.74, 6) is 0.740. The van der Waals surface area contributed by atoms with Gasteiger partial charge in [0, 0.05) is 32.7 Å². The Morgan fingerprint density at radius 3 is 2.71 bits per heavy atom. The lowest BCUT2D eigenvalue weighted by Crippen LogP contribution is -2.37. The number of rotatable bonds is 4. The summed E-state index contributed by atoms with van der Waals surface area (Å²) in [6.45, 7) is 5.36. The zero-order chi connectivity index (χ0) is 12.3. The van der Waals surface area contributed by atoms with Gasteiger partial charge >= 0.3 is 0 Å². The van der Waals surface area contributed by atoms with E-state index in [0.717, 1.165) is 0 Å². The molecule has 0 bridgehead atoms. The van der Waals surface area contributed by atoms with Crippen molar-refractivity contribution in [1.82, 2.24) is 10.1 Å². The second-order valence-electron chi connectivity index (χ2n) is 4.17. The molecular weight excluding hydrogens is 224 g/mol. The molecule has 0 saturated carbocycles. The molecule has 0 aromatic carbocycles. The van der Waals surface area contributed by atoms with E-state index in [9.17, 15) is 5.11 Å². The fourth-order valence-corrected chi connectivity index (χ4v) is 2.00. The van der Waals surface area contributed by atoms with E-state index in [2.05, 4.69) is 10.1 Å². The van der Waals surface area contributed by atoms with Crippen LogP contribution in [-0.4, -0.2) is 35.1 Å². The van der Waals surface area contributed by atoms with Gasteiger partial charge in [-0.25, -0.2) is 0 Å². The van der Waals surface area contributed by atoms with Crippen molar-refractivity contribution in [3.63, 3.8) is 0 Å². The first-order valence-corrected chi connectivity index (χ1v) is 5.92. The van der Waals surface area contributed by atoms with Gasteiger partial charge in [0.2, 0.25) is 5.82 Å². The van der Waals surface area contributed by atoms with E-state index in [1.165, 1.54) is 0 Å². The Morgan fingerprint density at radius 2 is 2.18 bits per heavy atom. The lowest BCUT2D eigenvalue weighted by Gasteiger charge is -2.33. The van der Waals surface area contributed by atoms with E-state index in [4.69, 9.17) is 14.0 Å². The van der Waals surface area contributed by atoms with Gasteiger partial charge in [0.25, 0.3) is 5.89 Å². The molecule has 0 unspecified atom stereocenters. The molecule has 6 nitrogen and oxygen atoms in total. The fraction of sp³-hybridized carbons (Fsp3) is 0.818. The number of ether oxygens (including phenoxy) is 2. The van der Waals surface area contributed by atoms with Crippen molar-refractivity contribution in [1.29, 1.82) is 0 Å². The van der Waals surface area contributed by atoms with Gasteiger partial charge in [0.05, 0.1) is 0 Å². The minimum Gasteiger partial charge on any atom is -0.384 e. The predicted octanol–water partition coefficient (Wildman–Crippen LogP) is 1.17. The molecule has 0 aliphatic carbocycles. The van der Waals surface area contributed by atoms with Crippen LogP contribution < -0.4 is 0 Å². The van der Waals surface area contributed by atoms with Gasteiger partial charge in [0.1, 0.15) is 11.7 Å². The molecular formula is C11H18N2O4. The third-order valence-corrected chi connectivity index (χ3v) is 2.93. The quantitative estimate of drug-likeness (QED) is 0.853. The van der Waals surface area contributed by atoms with Gasteiger partial charge in [-0.2, -0.15) is 4.98 Å². The van der Waals surface area contributed by atoms with Crippen molar-refractivity contribution in [2.75, 3.05) is 19.8 Å². The molecule has 1 atom stereocenters. The van der Waals surface area contributed by atoms with Crippen LogP contribution in [0.3, 0.4) is 0 Å². The minimum atomic E-state index is -0.755. The Hall–Kier alpha value is -0.980.